The number of hydrogen-bond donors (Lipinski definition) is 1. The molecular weight excluding hydrogens is 293 g/mol. The highest BCUT2D eigenvalue weighted by molar-refractivity contribution is 7.91. The van der Waals surface area contributed by atoms with E-state index in [1.165, 1.54) is 42.5 Å². The molecule has 0 aliphatic carbocycles. The highest BCUT2D eigenvalue weighted by Crippen LogP contribution is 2.28. The van der Waals surface area contributed by atoms with Crippen LogP contribution in [-0.2, 0) is 9.84 Å². The van der Waals surface area contributed by atoms with Gasteiger partial charge in [0, 0.05) is 10.0 Å². The van der Waals surface area contributed by atoms with Crippen LogP contribution in [0.3, 0.4) is 0 Å². The Labute approximate surface area is 115 Å². The molecular formula is C12H9Cl2NO2S. The Morgan fingerprint density at radius 2 is 1.44 bits per heavy atom. The van der Waals surface area contributed by atoms with E-state index in [1.807, 2.05) is 0 Å². The van der Waals surface area contributed by atoms with Crippen molar-refractivity contribution in [3.8, 4) is 0 Å². The van der Waals surface area contributed by atoms with Crippen molar-refractivity contribution in [2.24, 2.45) is 0 Å². The van der Waals surface area contributed by atoms with Crippen LogP contribution in [0.2, 0.25) is 10.0 Å². The zero-order valence-corrected chi connectivity index (χ0v) is 11.4. The van der Waals surface area contributed by atoms with Gasteiger partial charge in [-0.1, -0.05) is 23.2 Å². The molecule has 2 aromatic rings. The van der Waals surface area contributed by atoms with Crippen LogP contribution in [-0.4, -0.2) is 8.42 Å². The average Bonchev–Trinajstić information content (AvgIpc) is 2.29. The maximum absolute atomic E-state index is 12.3. The molecule has 2 N–H and O–H groups in total. The molecule has 0 atom stereocenters. The molecule has 2 aromatic carbocycles. The summed E-state index contributed by atoms with van der Waals surface area (Å²) in [7, 11) is -3.65. The van der Waals surface area contributed by atoms with Crippen LogP contribution in [0.15, 0.2) is 52.3 Å². The predicted octanol–water partition coefficient (Wildman–Crippen LogP) is 3.41. The standard InChI is InChI=1S/C12H9Cl2NO2S/c13-8-1-4-10(5-2-8)18(16,17)12-6-3-9(14)7-11(12)15/h1-7H,15H2. The maximum atomic E-state index is 12.3. The van der Waals surface area contributed by atoms with Gasteiger partial charge in [0.15, 0.2) is 0 Å². The summed E-state index contributed by atoms with van der Waals surface area (Å²) in [6, 6.07) is 10.2. The van der Waals surface area contributed by atoms with Gasteiger partial charge in [-0.3, -0.25) is 0 Å². The lowest BCUT2D eigenvalue weighted by molar-refractivity contribution is 0.596. The fourth-order valence-electron chi connectivity index (χ4n) is 1.50. The molecule has 0 aromatic heterocycles. The van der Waals surface area contributed by atoms with Crippen molar-refractivity contribution in [2.75, 3.05) is 5.73 Å². The lowest BCUT2D eigenvalue weighted by Gasteiger charge is -2.07. The van der Waals surface area contributed by atoms with E-state index >= 15 is 0 Å². The largest absolute Gasteiger partial charge is 0.398 e. The molecule has 0 bridgehead atoms. The molecule has 0 aliphatic rings. The van der Waals surface area contributed by atoms with Crippen molar-refractivity contribution in [1.82, 2.24) is 0 Å². The van der Waals surface area contributed by atoms with Crippen LogP contribution >= 0.6 is 23.2 Å². The second-order valence-electron chi connectivity index (χ2n) is 3.64. The van der Waals surface area contributed by atoms with E-state index in [1.54, 1.807) is 0 Å². The minimum atomic E-state index is -3.65. The summed E-state index contributed by atoms with van der Waals surface area (Å²) in [5, 5.41) is 0.862. The summed E-state index contributed by atoms with van der Waals surface area (Å²) in [5.41, 5.74) is 5.81. The first-order valence-corrected chi connectivity index (χ1v) is 7.21. The zero-order chi connectivity index (χ0) is 13.3. The molecule has 18 heavy (non-hydrogen) atoms. The molecule has 94 valence electrons. The molecule has 2 rings (SSSR count). The van der Waals surface area contributed by atoms with Gasteiger partial charge in [-0.25, -0.2) is 8.42 Å². The summed E-state index contributed by atoms with van der Waals surface area (Å²) in [4.78, 5) is 0.176. The van der Waals surface area contributed by atoms with Crippen LogP contribution in [0.1, 0.15) is 0 Å². The number of nitrogen functional groups attached to an aromatic ring is 1. The summed E-state index contributed by atoms with van der Waals surface area (Å²) < 4.78 is 24.6. The Bertz CT molecular complexity index is 682. The van der Waals surface area contributed by atoms with E-state index in [0.717, 1.165) is 0 Å². The summed E-state index contributed by atoms with van der Waals surface area (Å²) in [5.74, 6) is 0. The van der Waals surface area contributed by atoms with Crippen molar-refractivity contribution in [1.29, 1.82) is 0 Å². The monoisotopic (exact) mass is 301 g/mol. The van der Waals surface area contributed by atoms with Gasteiger partial charge in [-0.05, 0) is 42.5 Å². The van der Waals surface area contributed by atoms with Crippen molar-refractivity contribution in [2.45, 2.75) is 9.79 Å². The number of hydrogen-bond acceptors (Lipinski definition) is 3. The molecule has 0 fully saturated rings. The third kappa shape index (κ3) is 2.46. The minimum Gasteiger partial charge on any atom is -0.398 e. The summed E-state index contributed by atoms with van der Waals surface area (Å²) in [6.45, 7) is 0. The fraction of sp³-hybridized carbons (Fsp3) is 0. The second kappa shape index (κ2) is 4.80. The van der Waals surface area contributed by atoms with Gasteiger partial charge >= 0.3 is 0 Å². The molecule has 3 nitrogen and oxygen atoms in total. The zero-order valence-electron chi connectivity index (χ0n) is 9.10. The van der Waals surface area contributed by atoms with Crippen molar-refractivity contribution >= 4 is 38.7 Å². The van der Waals surface area contributed by atoms with Crippen LogP contribution in [0.25, 0.3) is 0 Å². The third-order valence-corrected chi connectivity index (χ3v) is 4.72. The molecule has 0 unspecified atom stereocenters. The van der Waals surface area contributed by atoms with E-state index in [0.29, 0.717) is 10.0 Å². The van der Waals surface area contributed by atoms with Gasteiger partial charge in [0.1, 0.15) is 0 Å². The average molecular weight is 302 g/mol. The quantitative estimate of drug-likeness (QED) is 0.865. The topological polar surface area (TPSA) is 60.2 Å². The number of halogens is 2. The normalized spacial score (nSPS) is 11.4. The molecule has 0 saturated heterocycles. The Balaban J connectivity index is 2.58. The van der Waals surface area contributed by atoms with Crippen molar-refractivity contribution in [3.63, 3.8) is 0 Å². The number of rotatable bonds is 2. The lowest BCUT2D eigenvalue weighted by atomic mass is 10.3. The van der Waals surface area contributed by atoms with Crippen molar-refractivity contribution < 1.29 is 8.42 Å². The van der Waals surface area contributed by atoms with Crippen LogP contribution in [0.5, 0.6) is 0 Å². The molecule has 6 heteroatoms. The Morgan fingerprint density at radius 3 is 2.00 bits per heavy atom. The second-order valence-corrected chi connectivity index (χ2v) is 6.43. The number of nitrogens with two attached hydrogens (primary N) is 1. The maximum Gasteiger partial charge on any atom is 0.208 e. The Kier molecular flexibility index (Phi) is 3.52. The van der Waals surface area contributed by atoms with Crippen LogP contribution in [0.4, 0.5) is 5.69 Å². The van der Waals surface area contributed by atoms with Crippen LogP contribution < -0.4 is 5.73 Å². The summed E-state index contributed by atoms with van der Waals surface area (Å²) >= 11 is 11.5. The van der Waals surface area contributed by atoms with Gasteiger partial charge < -0.3 is 5.73 Å². The first kappa shape index (κ1) is 13.2. The highest BCUT2D eigenvalue weighted by atomic mass is 35.5. The predicted molar refractivity (Wildman–Crippen MR) is 72.8 cm³/mol. The number of sulfone groups is 1. The van der Waals surface area contributed by atoms with Gasteiger partial charge in [0.25, 0.3) is 0 Å². The third-order valence-electron chi connectivity index (χ3n) is 2.39. The first-order valence-electron chi connectivity index (χ1n) is 4.97. The summed E-state index contributed by atoms with van der Waals surface area (Å²) in [6.07, 6.45) is 0. The molecule has 0 saturated carbocycles. The van der Waals surface area contributed by atoms with Gasteiger partial charge in [-0.2, -0.15) is 0 Å². The molecule has 0 heterocycles. The van der Waals surface area contributed by atoms with Crippen molar-refractivity contribution in [3.05, 3.63) is 52.5 Å². The molecule has 0 aliphatic heterocycles. The SMILES string of the molecule is Nc1cc(Cl)ccc1S(=O)(=O)c1ccc(Cl)cc1. The van der Waals surface area contributed by atoms with E-state index in [-0.39, 0.29) is 15.5 Å². The number of anilines is 1. The van der Waals surface area contributed by atoms with E-state index in [9.17, 15) is 8.42 Å². The first-order chi connectivity index (χ1) is 8.41. The van der Waals surface area contributed by atoms with E-state index < -0.39 is 9.84 Å². The Morgan fingerprint density at radius 1 is 0.889 bits per heavy atom. The van der Waals surface area contributed by atoms with E-state index in [4.69, 9.17) is 28.9 Å². The van der Waals surface area contributed by atoms with Gasteiger partial charge in [0.2, 0.25) is 9.84 Å². The van der Waals surface area contributed by atoms with Gasteiger partial charge in [-0.15, -0.1) is 0 Å². The highest BCUT2D eigenvalue weighted by Gasteiger charge is 2.20. The Hall–Kier alpha value is -1.23. The van der Waals surface area contributed by atoms with Gasteiger partial charge in [0.05, 0.1) is 15.5 Å². The fourth-order valence-corrected chi connectivity index (χ4v) is 3.18. The number of benzene rings is 2. The lowest BCUT2D eigenvalue weighted by Crippen LogP contribution is -2.05. The molecule has 0 amide bonds. The smallest absolute Gasteiger partial charge is 0.208 e. The molecule has 0 radical (unpaired) electrons. The minimum absolute atomic E-state index is 0.0363. The van der Waals surface area contributed by atoms with Crippen LogP contribution in [0, 0.1) is 0 Å². The molecule has 0 spiro atoms. The van der Waals surface area contributed by atoms with E-state index in [2.05, 4.69) is 0 Å².